The summed E-state index contributed by atoms with van der Waals surface area (Å²) in [6.07, 6.45) is 0. The average Bonchev–Trinajstić information content (AvgIpc) is 2.68. The van der Waals surface area contributed by atoms with Crippen LogP contribution < -0.4 is 5.32 Å². The molecule has 0 bridgehead atoms. The predicted molar refractivity (Wildman–Crippen MR) is 70.8 cm³/mol. The molecule has 6 nitrogen and oxygen atoms in total. The molecule has 0 unspecified atom stereocenters. The number of hydrogen-bond acceptors (Lipinski definition) is 4. The molecule has 0 aliphatic heterocycles. The van der Waals surface area contributed by atoms with Gasteiger partial charge in [-0.15, -0.1) is 0 Å². The molecule has 1 aromatic heterocycles. The fourth-order valence-corrected chi connectivity index (χ4v) is 1.78. The van der Waals surface area contributed by atoms with Gasteiger partial charge in [0, 0.05) is 29.8 Å². The van der Waals surface area contributed by atoms with Crippen LogP contribution in [0.15, 0.2) is 12.1 Å². The van der Waals surface area contributed by atoms with Crippen molar-refractivity contribution in [3.05, 3.63) is 27.9 Å². The number of rotatable bonds is 4. The van der Waals surface area contributed by atoms with Crippen LogP contribution in [0, 0.1) is 23.0 Å². The molecule has 0 spiro atoms. The highest BCUT2D eigenvalue weighted by atomic mass is 16.6. The number of nitrogens with zero attached hydrogens (tertiary/aromatic N) is 2. The number of nitro groups is 1. The van der Waals surface area contributed by atoms with Gasteiger partial charge in [0.1, 0.15) is 5.52 Å². The van der Waals surface area contributed by atoms with E-state index in [9.17, 15) is 10.1 Å². The SMILES string of the molecule is Cc1[nH]nc2c(NCC(C)C)cc([N+](=O)[O-])cc12. The Morgan fingerprint density at radius 3 is 2.83 bits per heavy atom. The van der Waals surface area contributed by atoms with E-state index in [1.165, 1.54) is 6.07 Å². The summed E-state index contributed by atoms with van der Waals surface area (Å²) in [6, 6.07) is 3.08. The van der Waals surface area contributed by atoms with Crippen molar-refractivity contribution >= 4 is 22.3 Å². The number of anilines is 1. The molecule has 6 heteroatoms. The van der Waals surface area contributed by atoms with E-state index in [0.717, 1.165) is 23.1 Å². The van der Waals surface area contributed by atoms with E-state index < -0.39 is 0 Å². The summed E-state index contributed by atoms with van der Waals surface area (Å²) >= 11 is 0. The molecule has 1 heterocycles. The summed E-state index contributed by atoms with van der Waals surface area (Å²) in [5.74, 6) is 0.458. The van der Waals surface area contributed by atoms with Gasteiger partial charge in [0.15, 0.2) is 0 Å². The van der Waals surface area contributed by atoms with Crippen molar-refractivity contribution < 1.29 is 4.92 Å². The first-order chi connectivity index (χ1) is 8.49. The number of aryl methyl sites for hydroxylation is 1. The minimum absolute atomic E-state index is 0.0817. The second-order valence-electron chi connectivity index (χ2n) is 4.77. The standard InChI is InChI=1S/C12H16N4O2/c1-7(2)6-13-11-5-9(16(17)18)4-10-8(3)14-15-12(10)11/h4-5,7,13H,6H2,1-3H3,(H,14,15). The van der Waals surface area contributed by atoms with Gasteiger partial charge in [-0.3, -0.25) is 15.2 Å². The first-order valence-corrected chi connectivity index (χ1v) is 5.86. The summed E-state index contributed by atoms with van der Waals surface area (Å²) < 4.78 is 0. The highest BCUT2D eigenvalue weighted by Crippen LogP contribution is 2.29. The lowest BCUT2D eigenvalue weighted by Crippen LogP contribution is -2.08. The van der Waals surface area contributed by atoms with Crippen LogP contribution >= 0.6 is 0 Å². The Bertz CT molecular complexity index is 589. The summed E-state index contributed by atoms with van der Waals surface area (Å²) in [5.41, 5.74) is 2.37. The van der Waals surface area contributed by atoms with E-state index in [4.69, 9.17) is 0 Å². The maximum absolute atomic E-state index is 10.9. The predicted octanol–water partition coefficient (Wildman–Crippen LogP) is 2.85. The van der Waals surface area contributed by atoms with E-state index in [-0.39, 0.29) is 10.6 Å². The van der Waals surface area contributed by atoms with Crippen molar-refractivity contribution in [2.75, 3.05) is 11.9 Å². The molecule has 1 aromatic carbocycles. The van der Waals surface area contributed by atoms with Crippen LogP contribution in [0.2, 0.25) is 0 Å². The van der Waals surface area contributed by atoms with Crippen LogP contribution in [-0.4, -0.2) is 21.7 Å². The highest BCUT2D eigenvalue weighted by Gasteiger charge is 2.15. The number of nitro benzene ring substituents is 1. The summed E-state index contributed by atoms with van der Waals surface area (Å²) in [5, 5.41) is 22.0. The fraction of sp³-hybridized carbons (Fsp3) is 0.417. The molecule has 0 aliphatic rings. The van der Waals surface area contributed by atoms with Crippen molar-refractivity contribution in [2.45, 2.75) is 20.8 Å². The van der Waals surface area contributed by atoms with Gasteiger partial charge in [-0.1, -0.05) is 13.8 Å². The Kier molecular flexibility index (Phi) is 3.18. The van der Waals surface area contributed by atoms with Crippen LogP contribution in [0.4, 0.5) is 11.4 Å². The highest BCUT2D eigenvalue weighted by molar-refractivity contribution is 5.94. The van der Waals surface area contributed by atoms with Crippen molar-refractivity contribution in [1.29, 1.82) is 0 Å². The van der Waals surface area contributed by atoms with Crippen LogP contribution in [0.25, 0.3) is 10.9 Å². The third kappa shape index (κ3) is 2.27. The summed E-state index contributed by atoms with van der Waals surface area (Å²) in [4.78, 5) is 10.5. The minimum atomic E-state index is -0.383. The first kappa shape index (κ1) is 12.3. The largest absolute Gasteiger partial charge is 0.383 e. The van der Waals surface area contributed by atoms with E-state index in [0.29, 0.717) is 11.6 Å². The van der Waals surface area contributed by atoms with E-state index in [1.807, 2.05) is 6.92 Å². The van der Waals surface area contributed by atoms with Gasteiger partial charge in [-0.25, -0.2) is 0 Å². The number of aromatic amines is 1. The molecule has 0 amide bonds. The molecule has 0 radical (unpaired) electrons. The summed E-state index contributed by atoms with van der Waals surface area (Å²) in [6.45, 7) is 6.77. The van der Waals surface area contributed by atoms with E-state index >= 15 is 0 Å². The Morgan fingerprint density at radius 1 is 1.50 bits per heavy atom. The zero-order chi connectivity index (χ0) is 13.3. The zero-order valence-corrected chi connectivity index (χ0v) is 10.7. The van der Waals surface area contributed by atoms with Gasteiger partial charge >= 0.3 is 0 Å². The number of fused-ring (bicyclic) bond motifs is 1. The van der Waals surface area contributed by atoms with Crippen molar-refractivity contribution in [3.63, 3.8) is 0 Å². The lowest BCUT2D eigenvalue weighted by Gasteiger charge is -2.09. The fourth-order valence-electron chi connectivity index (χ4n) is 1.78. The number of H-pyrrole nitrogens is 1. The molecular formula is C12H16N4O2. The first-order valence-electron chi connectivity index (χ1n) is 5.86. The molecule has 18 heavy (non-hydrogen) atoms. The lowest BCUT2D eigenvalue weighted by molar-refractivity contribution is -0.384. The van der Waals surface area contributed by atoms with E-state index in [1.54, 1.807) is 6.07 Å². The Balaban J connectivity index is 2.51. The average molecular weight is 248 g/mol. The number of non-ortho nitro benzene ring substituents is 1. The molecule has 0 saturated heterocycles. The maximum atomic E-state index is 10.9. The lowest BCUT2D eigenvalue weighted by atomic mass is 10.1. The molecule has 0 saturated carbocycles. The number of nitrogens with one attached hydrogen (secondary N) is 2. The molecule has 0 fully saturated rings. The third-order valence-electron chi connectivity index (χ3n) is 2.75. The summed E-state index contributed by atoms with van der Waals surface area (Å²) in [7, 11) is 0. The normalized spacial score (nSPS) is 11.1. The molecule has 2 N–H and O–H groups in total. The molecular weight excluding hydrogens is 232 g/mol. The molecule has 2 aromatic rings. The molecule has 0 atom stereocenters. The van der Waals surface area contributed by atoms with Crippen LogP contribution in [0.1, 0.15) is 19.5 Å². The number of hydrogen-bond donors (Lipinski definition) is 2. The van der Waals surface area contributed by atoms with Crippen molar-refractivity contribution in [1.82, 2.24) is 10.2 Å². The van der Waals surface area contributed by atoms with Crippen molar-refractivity contribution in [3.8, 4) is 0 Å². The van der Waals surface area contributed by atoms with E-state index in [2.05, 4.69) is 29.4 Å². The topological polar surface area (TPSA) is 83.8 Å². The number of aromatic nitrogens is 2. The maximum Gasteiger partial charge on any atom is 0.272 e. The monoisotopic (exact) mass is 248 g/mol. The Hall–Kier alpha value is -2.11. The van der Waals surface area contributed by atoms with Crippen LogP contribution in [0.3, 0.4) is 0 Å². The number of benzene rings is 1. The zero-order valence-electron chi connectivity index (χ0n) is 10.7. The minimum Gasteiger partial charge on any atom is -0.383 e. The second-order valence-corrected chi connectivity index (χ2v) is 4.77. The van der Waals surface area contributed by atoms with Gasteiger partial charge in [0.05, 0.1) is 10.6 Å². The van der Waals surface area contributed by atoms with Crippen LogP contribution in [0.5, 0.6) is 0 Å². The quantitative estimate of drug-likeness (QED) is 0.643. The van der Waals surface area contributed by atoms with Crippen molar-refractivity contribution in [2.24, 2.45) is 5.92 Å². The molecule has 2 rings (SSSR count). The molecule has 0 aliphatic carbocycles. The van der Waals surface area contributed by atoms with Gasteiger partial charge < -0.3 is 5.32 Å². The van der Waals surface area contributed by atoms with Gasteiger partial charge in [-0.2, -0.15) is 5.10 Å². The smallest absolute Gasteiger partial charge is 0.272 e. The van der Waals surface area contributed by atoms with Gasteiger partial charge in [0.2, 0.25) is 0 Å². The molecule has 96 valence electrons. The van der Waals surface area contributed by atoms with Gasteiger partial charge in [0.25, 0.3) is 5.69 Å². The van der Waals surface area contributed by atoms with Crippen LogP contribution in [-0.2, 0) is 0 Å². The Labute approximate surface area is 105 Å². The Morgan fingerprint density at radius 2 is 2.22 bits per heavy atom. The third-order valence-corrected chi connectivity index (χ3v) is 2.75. The van der Waals surface area contributed by atoms with Gasteiger partial charge in [-0.05, 0) is 12.8 Å². The second kappa shape index (κ2) is 4.64.